The van der Waals surface area contributed by atoms with Crippen LogP contribution in [-0.4, -0.2) is 14.1 Å². The Morgan fingerprint density at radius 1 is 1.05 bits per heavy atom. The molecular weight excluding hydrogens is 312 g/mol. The molecule has 0 fully saturated rings. The van der Waals surface area contributed by atoms with Gasteiger partial charge in [-0.1, -0.05) is 34.1 Å². The Hall–Kier alpha value is -1.48. The third-order valence-corrected chi connectivity index (χ3v) is 4.03. The van der Waals surface area contributed by atoms with Gasteiger partial charge in [0.05, 0.1) is 11.4 Å². The Bertz CT molecular complexity index is 586. The van der Waals surface area contributed by atoms with Crippen LogP contribution in [0, 0.1) is 13.8 Å². The summed E-state index contributed by atoms with van der Waals surface area (Å²) in [6.45, 7) is 5.17. The van der Waals surface area contributed by atoms with E-state index in [1.807, 2.05) is 0 Å². The molecule has 0 heterocycles. The molecule has 2 rings (SSSR count). The molecule has 0 aliphatic carbocycles. The Labute approximate surface area is 129 Å². The maximum Gasteiger partial charge on any atom is 0.0597 e. The van der Waals surface area contributed by atoms with Gasteiger partial charge in [0, 0.05) is 25.1 Å². The molecule has 2 aromatic rings. The van der Waals surface area contributed by atoms with E-state index in [9.17, 15) is 0 Å². The van der Waals surface area contributed by atoms with Crippen LogP contribution in [0.1, 0.15) is 16.7 Å². The lowest BCUT2D eigenvalue weighted by molar-refractivity contribution is 1.07. The monoisotopic (exact) mass is 332 g/mol. The average molecular weight is 333 g/mol. The number of anilines is 2. The second-order valence-electron chi connectivity index (χ2n) is 5.28. The number of halogens is 1. The van der Waals surface area contributed by atoms with Crippen molar-refractivity contribution in [1.82, 2.24) is 0 Å². The largest absolute Gasteiger partial charge is 0.379 e. The summed E-state index contributed by atoms with van der Waals surface area (Å²) >= 11 is 3.54. The first kappa shape index (κ1) is 14.9. The van der Waals surface area contributed by atoms with Crippen molar-refractivity contribution < 1.29 is 0 Å². The first-order chi connectivity index (χ1) is 9.49. The van der Waals surface area contributed by atoms with Crippen LogP contribution < -0.4 is 10.2 Å². The van der Waals surface area contributed by atoms with Crippen molar-refractivity contribution >= 4 is 27.3 Å². The van der Waals surface area contributed by atoms with E-state index in [4.69, 9.17) is 0 Å². The Balaban J connectivity index is 2.25. The van der Waals surface area contributed by atoms with Gasteiger partial charge < -0.3 is 10.2 Å². The number of nitrogens with one attached hydrogen (secondary N) is 1. The highest BCUT2D eigenvalue weighted by Crippen LogP contribution is 2.29. The molecule has 106 valence electrons. The van der Waals surface area contributed by atoms with Gasteiger partial charge in [0.2, 0.25) is 0 Å². The van der Waals surface area contributed by atoms with Gasteiger partial charge in [-0.05, 0) is 48.7 Å². The molecule has 0 radical (unpaired) electrons. The summed E-state index contributed by atoms with van der Waals surface area (Å²) in [5, 5.41) is 3.56. The van der Waals surface area contributed by atoms with Gasteiger partial charge in [-0.3, -0.25) is 0 Å². The van der Waals surface area contributed by atoms with Crippen LogP contribution in [0.4, 0.5) is 11.4 Å². The summed E-state index contributed by atoms with van der Waals surface area (Å²) in [4.78, 5) is 2.12. The summed E-state index contributed by atoms with van der Waals surface area (Å²) in [7, 11) is 4.13. The van der Waals surface area contributed by atoms with Gasteiger partial charge in [-0.15, -0.1) is 0 Å². The highest BCUT2D eigenvalue weighted by molar-refractivity contribution is 9.10. The van der Waals surface area contributed by atoms with Crippen LogP contribution >= 0.6 is 15.9 Å². The lowest BCUT2D eigenvalue weighted by Gasteiger charge is -2.20. The standard InChI is InChI=1S/C17H21BrN2/c1-12-6-5-7-13(2)15(12)11-19-16-10-14(18)8-9-17(16)20(3)4/h5-10,19H,11H2,1-4H3. The molecule has 0 unspecified atom stereocenters. The van der Waals surface area contributed by atoms with E-state index in [-0.39, 0.29) is 0 Å². The van der Waals surface area contributed by atoms with Crippen LogP contribution in [0.2, 0.25) is 0 Å². The zero-order chi connectivity index (χ0) is 14.7. The van der Waals surface area contributed by atoms with Crippen molar-refractivity contribution in [2.24, 2.45) is 0 Å². The topological polar surface area (TPSA) is 15.3 Å². The summed E-state index contributed by atoms with van der Waals surface area (Å²) in [6, 6.07) is 12.8. The molecule has 0 spiro atoms. The molecule has 3 heteroatoms. The van der Waals surface area contributed by atoms with Crippen LogP contribution in [0.15, 0.2) is 40.9 Å². The van der Waals surface area contributed by atoms with Gasteiger partial charge in [-0.2, -0.15) is 0 Å². The molecule has 2 aromatic carbocycles. The zero-order valence-corrected chi connectivity index (χ0v) is 14.1. The minimum absolute atomic E-state index is 0.843. The molecule has 0 saturated heterocycles. The summed E-state index contributed by atoms with van der Waals surface area (Å²) in [5.74, 6) is 0. The van der Waals surface area contributed by atoms with Crippen molar-refractivity contribution in [1.29, 1.82) is 0 Å². The first-order valence-corrected chi connectivity index (χ1v) is 7.54. The van der Waals surface area contributed by atoms with Crippen LogP contribution in [0.25, 0.3) is 0 Å². The molecule has 0 aliphatic rings. The van der Waals surface area contributed by atoms with Crippen molar-refractivity contribution in [2.75, 3.05) is 24.3 Å². The van der Waals surface area contributed by atoms with E-state index in [2.05, 4.69) is 90.5 Å². The highest BCUT2D eigenvalue weighted by atomic mass is 79.9. The minimum Gasteiger partial charge on any atom is -0.379 e. The number of nitrogens with zero attached hydrogens (tertiary/aromatic N) is 1. The van der Waals surface area contributed by atoms with Crippen molar-refractivity contribution in [2.45, 2.75) is 20.4 Å². The van der Waals surface area contributed by atoms with E-state index in [0.717, 1.165) is 16.7 Å². The molecule has 1 N–H and O–H groups in total. The molecule has 20 heavy (non-hydrogen) atoms. The number of hydrogen-bond acceptors (Lipinski definition) is 2. The SMILES string of the molecule is Cc1cccc(C)c1CNc1cc(Br)ccc1N(C)C. The summed E-state index contributed by atoms with van der Waals surface area (Å²) in [6.07, 6.45) is 0. The predicted molar refractivity (Wildman–Crippen MR) is 91.7 cm³/mol. The van der Waals surface area contributed by atoms with E-state index < -0.39 is 0 Å². The molecule has 2 nitrogen and oxygen atoms in total. The van der Waals surface area contributed by atoms with Crippen molar-refractivity contribution in [3.63, 3.8) is 0 Å². The number of hydrogen-bond donors (Lipinski definition) is 1. The van der Waals surface area contributed by atoms with Gasteiger partial charge in [-0.25, -0.2) is 0 Å². The van der Waals surface area contributed by atoms with E-state index in [1.54, 1.807) is 0 Å². The van der Waals surface area contributed by atoms with Crippen molar-refractivity contribution in [3.8, 4) is 0 Å². The van der Waals surface area contributed by atoms with Crippen LogP contribution in [0.3, 0.4) is 0 Å². The average Bonchev–Trinajstić information content (AvgIpc) is 2.37. The molecule has 0 bridgehead atoms. The van der Waals surface area contributed by atoms with E-state index in [0.29, 0.717) is 0 Å². The summed E-state index contributed by atoms with van der Waals surface area (Å²) < 4.78 is 1.09. The minimum atomic E-state index is 0.843. The molecule has 0 atom stereocenters. The predicted octanol–water partition coefficient (Wildman–Crippen LogP) is 4.74. The van der Waals surface area contributed by atoms with E-state index in [1.165, 1.54) is 22.4 Å². The van der Waals surface area contributed by atoms with Gasteiger partial charge in [0.25, 0.3) is 0 Å². The molecule has 0 saturated carbocycles. The van der Waals surface area contributed by atoms with Crippen LogP contribution in [0.5, 0.6) is 0 Å². The Morgan fingerprint density at radius 2 is 1.70 bits per heavy atom. The van der Waals surface area contributed by atoms with Gasteiger partial charge in [0.1, 0.15) is 0 Å². The van der Waals surface area contributed by atoms with Crippen molar-refractivity contribution in [3.05, 3.63) is 57.6 Å². The van der Waals surface area contributed by atoms with E-state index >= 15 is 0 Å². The fraction of sp³-hybridized carbons (Fsp3) is 0.294. The Morgan fingerprint density at radius 3 is 2.30 bits per heavy atom. The number of rotatable bonds is 4. The molecule has 0 aliphatic heterocycles. The maximum absolute atomic E-state index is 3.56. The highest BCUT2D eigenvalue weighted by Gasteiger charge is 2.07. The lowest BCUT2D eigenvalue weighted by atomic mass is 10.0. The maximum atomic E-state index is 3.56. The second kappa shape index (κ2) is 6.31. The summed E-state index contributed by atoms with van der Waals surface area (Å²) in [5.41, 5.74) is 6.38. The van der Waals surface area contributed by atoms with Gasteiger partial charge in [0.15, 0.2) is 0 Å². The normalized spacial score (nSPS) is 10.4. The fourth-order valence-corrected chi connectivity index (χ4v) is 2.71. The molecular formula is C17H21BrN2. The quantitative estimate of drug-likeness (QED) is 0.869. The zero-order valence-electron chi connectivity index (χ0n) is 12.5. The number of benzene rings is 2. The van der Waals surface area contributed by atoms with Crippen LogP contribution in [-0.2, 0) is 6.54 Å². The third-order valence-electron chi connectivity index (χ3n) is 3.54. The number of aryl methyl sites for hydroxylation is 2. The second-order valence-corrected chi connectivity index (χ2v) is 6.20. The fourth-order valence-electron chi connectivity index (χ4n) is 2.35. The smallest absolute Gasteiger partial charge is 0.0597 e. The van der Waals surface area contributed by atoms with Gasteiger partial charge >= 0.3 is 0 Å². The Kier molecular flexibility index (Phi) is 4.71. The molecule has 0 amide bonds. The third kappa shape index (κ3) is 3.34. The molecule has 0 aromatic heterocycles. The lowest BCUT2D eigenvalue weighted by Crippen LogP contribution is -2.12. The first-order valence-electron chi connectivity index (χ1n) is 6.75.